The first-order chi connectivity index (χ1) is 15.4. The number of halogens is 4. The number of amides is 1. The number of carbonyl (C=O) groups is 1. The molecule has 11 heteroatoms. The molecule has 0 radical (unpaired) electrons. The van der Waals surface area contributed by atoms with Crippen molar-refractivity contribution in [3.63, 3.8) is 0 Å². The highest BCUT2D eigenvalue weighted by molar-refractivity contribution is 7.92. The molecule has 0 aliphatic rings. The third-order valence-corrected chi connectivity index (χ3v) is 5.97. The molecule has 0 bridgehead atoms. The minimum atomic E-state index is -4.71. The molecular weight excluding hydrogens is 481 g/mol. The lowest BCUT2D eigenvalue weighted by Gasteiger charge is -2.14. The summed E-state index contributed by atoms with van der Waals surface area (Å²) in [6.07, 6.45) is -4.71. The van der Waals surface area contributed by atoms with Crippen LogP contribution in [0.25, 0.3) is 0 Å². The van der Waals surface area contributed by atoms with Crippen LogP contribution in [0.5, 0.6) is 5.75 Å². The Bertz CT molecular complexity index is 1260. The Hall–Kier alpha value is -3.24. The van der Waals surface area contributed by atoms with E-state index in [2.05, 4.69) is 10.0 Å². The van der Waals surface area contributed by atoms with Gasteiger partial charge in [-0.15, -0.1) is 0 Å². The van der Waals surface area contributed by atoms with Crippen LogP contribution in [0.4, 0.5) is 24.5 Å². The number of nitrogens with one attached hydrogen (secondary N) is 2. The van der Waals surface area contributed by atoms with E-state index in [-0.39, 0.29) is 15.7 Å². The lowest BCUT2D eigenvalue weighted by Crippen LogP contribution is -2.22. The highest BCUT2D eigenvalue weighted by Crippen LogP contribution is 2.36. The lowest BCUT2D eigenvalue weighted by atomic mass is 10.1. The normalized spacial score (nSPS) is 11.7. The molecule has 0 aromatic heterocycles. The van der Waals surface area contributed by atoms with Crippen molar-refractivity contribution in [1.82, 2.24) is 0 Å². The fourth-order valence-corrected chi connectivity index (χ4v) is 4.05. The second-order valence-electron chi connectivity index (χ2n) is 6.97. The van der Waals surface area contributed by atoms with Crippen molar-refractivity contribution < 1.29 is 31.1 Å². The number of benzene rings is 3. The molecule has 0 aliphatic heterocycles. The van der Waals surface area contributed by atoms with Crippen molar-refractivity contribution in [2.24, 2.45) is 0 Å². The second-order valence-corrected chi connectivity index (χ2v) is 9.09. The predicted octanol–water partition coefficient (Wildman–Crippen LogP) is 5.49. The number of ether oxygens (including phenoxy) is 1. The van der Waals surface area contributed by atoms with Gasteiger partial charge in [0, 0.05) is 10.7 Å². The third kappa shape index (κ3) is 6.62. The third-order valence-electron chi connectivity index (χ3n) is 4.34. The van der Waals surface area contributed by atoms with E-state index in [4.69, 9.17) is 16.3 Å². The van der Waals surface area contributed by atoms with Crippen LogP contribution in [0.15, 0.2) is 71.6 Å². The number of anilines is 2. The van der Waals surface area contributed by atoms with E-state index < -0.39 is 40.0 Å². The van der Waals surface area contributed by atoms with E-state index in [9.17, 15) is 26.4 Å². The van der Waals surface area contributed by atoms with E-state index in [1.54, 1.807) is 18.2 Å². The molecule has 2 N–H and O–H groups in total. The molecule has 174 valence electrons. The van der Waals surface area contributed by atoms with Gasteiger partial charge in [0.2, 0.25) is 0 Å². The van der Waals surface area contributed by atoms with E-state index in [1.807, 2.05) is 13.0 Å². The molecule has 33 heavy (non-hydrogen) atoms. The number of hydrogen-bond acceptors (Lipinski definition) is 4. The Morgan fingerprint density at radius 3 is 2.36 bits per heavy atom. The molecule has 0 saturated heterocycles. The van der Waals surface area contributed by atoms with E-state index in [0.717, 1.165) is 11.6 Å². The highest BCUT2D eigenvalue weighted by atomic mass is 35.5. The molecule has 0 spiro atoms. The number of sulfonamides is 1. The maximum atomic E-state index is 13.1. The zero-order valence-corrected chi connectivity index (χ0v) is 18.7. The number of alkyl halides is 3. The van der Waals surface area contributed by atoms with Crippen LogP contribution < -0.4 is 14.8 Å². The number of hydrogen-bond donors (Lipinski definition) is 2. The molecule has 0 atom stereocenters. The molecular formula is C22H18ClF3N2O4S. The van der Waals surface area contributed by atoms with Crippen LogP contribution in [-0.4, -0.2) is 20.9 Å². The van der Waals surface area contributed by atoms with Gasteiger partial charge in [-0.2, -0.15) is 13.2 Å². The first-order valence-corrected chi connectivity index (χ1v) is 11.3. The Morgan fingerprint density at radius 1 is 1.03 bits per heavy atom. The van der Waals surface area contributed by atoms with E-state index in [1.165, 1.54) is 30.3 Å². The van der Waals surface area contributed by atoms with Crippen molar-refractivity contribution in [3.8, 4) is 5.75 Å². The maximum Gasteiger partial charge on any atom is 0.418 e. The molecule has 0 heterocycles. The van der Waals surface area contributed by atoms with Gasteiger partial charge in [0.1, 0.15) is 5.75 Å². The summed E-state index contributed by atoms with van der Waals surface area (Å²) < 4.78 is 72.1. The van der Waals surface area contributed by atoms with Crippen LogP contribution in [0.3, 0.4) is 0 Å². The Kier molecular flexibility index (Phi) is 7.19. The van der Waals surface area contributed by atoms with Crippen LogP contribution in [0.2, 0.25) is 5.02 Å². The van der Waals surface area contributed by atoms with Crippen LogP contribution in [0, 0.1) is 6.92 Å². The van der Waals surface area contributed by atoms with Gasteiger partial charge >= 0.3 is 6.18 Å². The summed E-state index contributed by atoms with van der Waals surface area (Å²) in [6.45, 7) is 1.24. The van der Waals surface area contributed by atoms with Gasteiger partial charge in [0.05, 0.1) is 16.1 Å². The van der Waals surface area contributed by atoms with Crippen LogP contribution in [-0.2, 0) is 21.0 Å². The average Bonchev–Trinajstić information content (AvgIpc) is 2.73. The number of rotatable bonds is 7. The fourth-order valence-electron chi connectivity index (χ4n) is 2.83. The molecule has 3 rings (SSSR count). The van der Waals surface area contributed by atoms with Gasteiger partial charge in [-0.3, -0.25) is 9.52 Å². The zero-order chi connectivity index (χ0) is 24.2. The monoisotopic (exact) mass is 498 g/mol. The van der Waals surface area contributed by atoms with Crippen molar-refractivity contribution in [2.45, 2.75) is 18.0 Å². The summed E-state index contributed by atoms with van der Waals surface area (Å²) in [4.78, 5) is 12.0. The largest absolute Gasteiger partial charge is 0.484 e. The van der Waals surface area contributed by atoms with Gasteiger partial charge in [-0.05, 0) is 67.1 Å². The summed E-state index contributed by atoms with van der Waals surface area (Å²) in [6, 6.07) is 15.1. The minimum absolute atomic E-state index is 0.0307. The second kappa shape index (κ2) is 9.72. The van der Waals surface area contributed by atoms with Gasteiger partial charge in [-0.25, -0.2) is 8.42 Å². The van der Waals surface area contributed by atoms with Crippen molar-refractivity contribution >= 4 is 38.9 Å². The summed E-state index contributed by atoms with van der Waals surface area (Å²) in [7, 11) is -3.84. The minimum Gasteiger partial charge on any atom is -0.484 e. The Labute approximate surface area is 193 Å². The molecule has 3 aromatic carbocycles. The van der Waals surface area contributed by atoms with Crippen LogP contribution in [0.1, 0.15) is 11.1 Å². The summed E-state index contributed by atoms with van der Waals surface area (Å²) >= 11 is 5.61. The van der Waals surface area contributed by atoms with Gasteiger partial charge in [0.25, 0.3) is 15.9 Å². The SMILES string of the molecule is Cc1cccc(NS(=O)(=O)c2ccc(OCC(=O)Nc3ccc(Cl)cc3C(F)(F)F)cc2)c1. The predicted molar refractivity (Wildman–Crippen MR) is 119 cm³/mol. The Balaban J connectivity index is 1.62. The summed E-state index contributed by atoms with van der Waals surface area (Å²) in [5, 5.41) is 2.01. The highest BCUT2D eigenvalue weighted by Gasteiger charge is 2.34. The first-order valence-electron chi connectivity index (χ1n) is 9.43. The van der Waals surface area contributed by atoms with Crippen molar-refractivity contribution in [1.29, 1.82) is 0 Å². The molecule has 0 saturated carbocycles. The molecule has 0 unspecified atom stereocenters. The molecule has 1 amide bonds. The van der Waals surface area contributed by atoms with Crippen molar-refractivity contribution in [3.05, 3.63) is 82.9 Å². The smallest absolute Gasteiger partial charge is 0.418 e. The topological polar surface area (TPSA) is 84.5 Å². The van der Waals surface area contributed by atoms with Crippen LogP contribution >= 0.6 is 11.6 Å². The van der Waals surface area contributed by atoms with Crippen molar-refractivity contribution in [2.75, 3.05) is 16.6 Å². The number of carbonyl (C=O) groups excluding carboxylic acids is 1. The summed E-state index contributed by atoms with van der Waals surface area (Å²) in [5.41, 5.74) is -0.242. The number of aryl methyl sites for hydroxylation is 1. The van der Waals surface area contributed by atoms with Gasteiger partial charge in [-0.1, -0.05) is 23.7 Å². The quantitative estimate of drug-likeness (QED) is 0.451. The standard InChI is InChI=1S/C22H18ClF3N2O4S/c1-14-3-2-4-16(11-14)28-33(30,31)18-8-6-17(7-9-18)32-13-21(29)27-20-10-5-15(23)12-19(20)22(24,25)26/h2-12,28H,13H2,1H3,(H,27,29). The molecule has 0 fully saturated rings. The van der Waals surface area contributed by atoms with Gasteiger partial charge in [0.15, 0.2) is 6.61 Å². The fraction of sp³-hybridized carbons (Fsp3) is 0.136. The molecule has 0 aliphatic carbocycles. The maximum absolute atomic E-state index is 13.1. The van der Waals surface area contributed by atoms with Gasteiger partial charge < -0.3 is 10.1 Å². The zero-order valence-electron chi connectivity index (χ0n) is 17.1. The molecule has 3 aromatic rings. The molecule has 6 nitrogen and oxygen atoms in total. The van der Waals surface area contributed by atoms with E-state index >= 15 is 0 Å². The average molecular weight is 499 g/mol. The summed E-state index contributed by atoms with van der Waals surface area (Å²) in [5.74, 6) is -0.674. The first kappa shape index (κ1) is 24.4. The Morgan fingerprint density at radius 2 is 1.73 bits per heavy atom. The van der Waals surface area contributed by atoms with E-state index in [0.29, 0.717) is 11.8 Å². The lowest BCUT2D eigenvalue weighted by molar-refractivity contribution is -0.137.